The lowest BCUT2D eigenvalue weighted by Gasteiger charge is -2.16. The largest absolute Gasteiger partial charge is 0.493 e. The van der Waals surface area contributed by atoms with E-state index in [0.29, 0.717) is 28.1 Å². The third-order valence-corrected chi connectivity index (χ3v) is 5.97. The van der Waals surface area contributed by atoms with Gasteiger partial charge in [-0.25, -0.2) is 0 Å². The van der Waals surface area contributed by atoms with Crippen molar-refractivity contribution in [1.29, 1.82) is 0 Å². The summed E-state index contributed by atoms with van der Waals surface area (Å²) in [4.78, 5) is 3.33. The fourth-order valence-electron chi connectivity index (χ4n) is 3.62. The van der Waals surface area contributed by atoms with Crippen molar-refractivity contribution in [2.75, 3.05) is 13.7 Å². The Morgan fingerprint density at radius 1 is 0.903 bits per heavy atom. The molecule has 0 saturated carbocycles. The second kappa shape index (κ2) is 10.1. The lowest BCUT2D eigenvalue weighted by Crippen LogP contribution is -2.17. The molecule has 4 nitrogen and oxygen atoms in total. The van der Waals surface area contributed by atoms with E-state index in [9.17, 15) is 0 Å². The number of rotatable bonds is 9. The van der Waals surface area contributed by atoms with Gasteiger partial charge in [-0.2, -0.15) is 0 Å². The highest BCUT2D eigenvalue weighted by atomic mass is 35.5. The van der Waals surface area contributed by atoms with E-state index in [1.807, 2.05) is 42.5 Å². The molecule has 0 atom stereocenters. The number of benzene rings is 3. The third kappa shape index (κ3) is 4.99. The number of fused-ring (bicyclic) bond motifs is 1. The van der Waals surface area contributed by atoms with Gasteiger partial charge in [0.05, 0.1) is 7.11 Å². The Labute approximate surface area is 192 Å². The van der Waals surface area contributed by atoms with Gasteiger partial charge in [-0.05, 0) is 42.8 Å². The number of nitrogens with one attached hydrogen (secondary N) is 2. The van der Waals surface area contributed by atoms with Crippen LogP contribution in [-0.2, 0) is 19.6 Å². The number of aromatic amines is 1. The molecule has 0 radical (unpaired) electrons. The summed E-state index contributed by atoms with van der Waals surface area (Å²) < 4.78 is 11.7. The Bertz CT molecular complexity index is 1150. The molecule has 0 saturated heterocycles. The normalized spacial score (nSPS) is 11.1. The van der Waals surface area contributed by atoms with Gasteiger partial charge >= 0.3 is 0 Å². The molecule has 0 spiro atoms. The molecule has 160 valence electrons. The average Bonchev–Trinajstić information content (AvgIpc) is 3.20. The van der Waals surface area contributed by atoms with Crippen LogP contribution in [0.25, 0.3) is 10.9 Å². The number of hydrogen-bond acceptors (Lipinski definition) is 3. The van der Waals surface area contributed by atoms with Crippen LogP contribution in [-0.4, -0.2) is 18.6 Å². The van der Waals surface area contributed by atoms with Gasteiger partial charge in [0.15, 0.2) is 11.5 Å². The van der Waals surface area contributed by atoms with Gasteiger partial charge in [-0.3, -0.25) is 0 Å². The molecule has 0 aliphatic heterocycles. The Kier molecular flexibility index (Phi) is 7.03. The highest BCUT2D eigenvalue weighted by Gasteiger charge is 2.13. The molecule has 0 amide bonds. The van der Waals surface area contributed by atoms with E-state index in [4.69, 9.17) is 32.7 Å². The van der Waals surface area contributed by atoms with Crippen molar-refractivity contribution in [3.63, 3.8) is 0 Å². The van der Waals surface area contributed by atoms with Gasteiger partial charge in [0.25, 0.3) is 0 Å². The van der Waals surface area contributed by atoms with E-state index in [0.717, 1.165) is 24.1 Å². The molecule has 0 unspecified atom stereocenters. The Morgan fingerprint density at radius 2 is 1.68 bits per heavy atom. The molecule has 0 bridgehead atoms. The quantitative estimate of drug-likeness (QED) is 0.287. The summed E-state index contributed by atoms with van der Waals surface area (Å²) in [6.45, 7) is 1.77. The van der Waals surface area contributed by atoms with Crippen LogP contribution in [0.4, 0.5) is 0 Å². The first-order chi connectivity index (χ1) is 15.2. The zero-order valence-electron chi connectivity index (χ0n) is 17.3. The number of H-pyrrole nitrogens is 1. The fourth-order valence-corrected chi connectivity index (χ4v) is 4.13. The van der Waals surface area contributed by atoms with Crippen LogP contribution in [0.1, 0.15) is 16.7 Å². The van der Waals surface area contributed by atoms with Crippen LogP contribution < -0.4 is 14.8 Å². The van der Waals surface area contributed by atoms with Gasteiger partial charge in [-0.1, -0.05) is 59.6 Å². The molecule has 4 rings (SSSR count). The van der Waals surface area contributed by atoms with Crippen molar-refractivity contribution in [3.8, 4) is 11.5 Å². The second-order valence-electron chi connectivity index (χ2n) is 7.22. The van der Waals surface area contributed by atoms with Crippen molar-refractivity contribution >= 4 is 34.1 Å². The summed E-state index contributed by atoms with van der Waals surface area (Å²) in [5, 5.41) is 5.95. The summed E-state index contributed by atoms with van der Waals surface area (Å²) in [7, 11) is 1.64. The molecule has 0 fully saturated rings. The minimum atomic E-state index is 0.265. The number of aromatic nitrogens is 1. The van der Waals surface area contributed by atoms with Gasteiger partial charge in [-0.15, -0.1) is 0 Å². The first-order valence-corrected chi connectivity index (χ1v) is 10.9. The molecule has 0 aliphatic carbocycles. The van der Waals surface area contributed by atoms with E-state index >= 15 is 0 Å². The Balaban J connectivity index is 1.42. The highest BCUT2D eigenvalue weighted by molar-refractivity contribution is 6.35. The second-order valence-corrected chi connectivity index (χ2v) is 8.04. The zero-order chi connectivity index (χ0) is 21.6. The van der Waals surface area contributed by atoms with Crippen LogP contribution in [0.5, 0.6) is 11.5 Å². The van der Waals surface area contributed by atoms with Crippen LogP contribution in [0, 0.1) is 0 Å². The van der Waals surface area contributed by atoms with Crippen LogP contribution in [0.2, 0.25) is 10.0 Å². The van der Waals surface area contributed by atoms with Crippen LogP contribution in [0.15, 0.2) is 66.9 Å². The lowest BCUT2D eigenvalue weighted by atomic mass is 10.1. The molecule has 0 aliphatic rings. The molecule has 6 heteroatoms. The maximum atomic E-state index is 6.29. The monoisotopic (exact) mass is 454 g/mol. The van der Waals surface area contributed by atoms with Gasteiger partial charge in [0, 0.05) is 44.8 Å². The first-order valence-electron chi connectivity index (χ1n) is 10.1. The average molecular weight is 455 g/mol. The Hall–Kier alpha value is -2.66. The fraction of sp³-hybridized carbons (Fsp3) is 0.200. The molecule has 1 heterocycles. The molecule has 3 aromatic carbocycles. The topological polar surface area (TPSA) is 46.3 Å². The molecular weight excluding hydrogens is 431 g/mol. The third-order valence-electron chi connectivity index (χ3n) is 5.26. The predicted octanol–water partition coefficient (Wildman–Crippen LogP) is 6.39. The first kappa shape index (κ1) is 21.6. The number of para-hydroxylation sites is 2. The summed E-state index contributed by atoms with van der Waals surface area (Å²) in [5.74, 6) is 1.37. The van der Waals surface area contributed by atoms with Gasteiger partial charge in [0.2, 0.25) is 0 Å². The molecule has 31 heavy (non-hydrogen) atoms. The molecule has 4 aromatic rings. The van der Waals surface area contributed by atoms with E-state index in [1.54, 1.807) is 7.11 Å². The smallest absolute Gasteiger partial charge is 0.166 e. The van der Waals surface area contributed by atoms with Crippen molar-refractivity contribution in [3.05, 3.63) is 93.6 Å². The number of methoxy groups -OCH3 is 1. The Morgan fingerprint density at radius 3 is 2.48 bits per heavy atom. The summed E-state index contributed by atoms with van der Waals surface area (Å²) in [6, 6.07) is 19.7. The molecular formula is C25H24Cl2N2O2. The minimum absolute atomic E-state index is 0.265. The van der Waals surface area contributed by atoms with Crippen LogP contribution in [0.3, 0.4) is 0 Å². The zero-order valence-corrected chi connectivity index (χ0v) is 18.8. The SMILES string of the molecule is COc1cccc(CNCCc2c[nH]c3ccccc23)c1OCc1c(Cl)cccc1Cl. The van der Waals surface area contributed by atoms with Gasteiger partial charge < -0.3 is 19.8 Å². The maximum Gasteiger partial charge on any atom is 0.166 e. The summed E-state index contributed by atoms with van der Waals surface area (Å²) in [5.41, 5.74) is 4.24. The van der Waals surface area contributed by atoms with E-state index in [1.165, 1.54) is 16.5 Å². The molecule has 1 aromatic heterocycles. The lowest BCUT2D eigenvalue weighted by molar-refractivity contribution is 0.281. The molecule has 2 N–H and O–H groups in total. The number of halogens is 2. The minimum Gasteiger partial charge on any atom is -0.493 e. The predicted molar refractivity (Wildman–Crippen MR) is 127 cm³/mol. The standard InChI is InChI=1S/C25H24Cl2N2O2/c1-30-24-11-4-6-18(25(24)31-16-20-21(26)8-5-9-22(20)27)14-28-13-12-17-15-29-23-10-3-2-7-19(17)23/h2-11,15,28-29H,12-14,16H2,1H3. The van der Waals surface area contributed by atoms with E-state index in [2.05, 4.69) is 34.7 Å². The maximum absolute atomic E-state index is 6.29. The van der Waals surface area contributed by atoms with Crippen molar-refractivity contribution in [1.82, 2.24) is 10.3 Å². The highest BCUT2D eigenvalue weighted by Crippen LogP contribution is 2.33. The summed E-state index contributed by atoms with van der Waals surface area (Å²) in [6.07, 6.45) is 3.01. The summed E-state index contributed by atoms with van der Waals surface area (Å²) >= 11 is 12.6. The number of hydrogen-bond donors (Lipinski definition) is 2. The van der Waals surface area contributed by atoms with Crippen molar-refractivity contribution in [2.45, 2.75) is 19.6 Å². The van der Waals surface area contributed by atoms with E-state index in [-0.39, 0.29) is 6.61 Å². The van der Waals surface area contributed by atoms with Crippen molar-refractivity contribution < 1.29 is 9.47 Å². The number of ether oxygens (including phenoxy) is 2. The van der Waals surface area contributed by atoms with Gasteiger partial charge in [0.1, 0.15) is 6.61 Å². The van der Waals surface area contributed by atoms with E-state index < -0.39 is 0 Å². The van der Waals surface area contributed by atoms with Crippen molar-refractivity contribution in [2.24, 2.45) is 0 Å². The van der Waals surface area contributed by atoms with Crippen LogP contribution >= 0.6 is 23.2 Å².